The first kappa shape index (κ1) is 18.5. The van der Waals surface area contributed by atoms with Crippen LogP contribution in [0.2, 0.25) is 0 Å². The third-order valence-electron chi connectivity index (χ3n) is 4.71. The van der Waals surface area contributed by atoms with Crippen LogP contribution in [0.3, 0.4) is 0 Å². The maximum Gasteiger partial charge on any atom is 0.251 e. The summed E-state index contributed by atoms with van der Waals surface area (Å²) in [6, 6.07) is 9.47. The quantitative estimate of drug-likeness (QED) is 0.738. The summed E-state index contributed by atoms with van der Waals surface area (Å²) in [5.41, 5.74) is 0.697. The number of hydrogen-bond donors (Lipinski definition) is 1. The summed E-state index contributed by atoms with van der Waals surface area (Å²) in [6.07, 6.45) is 8.26. The van der Waals surface area contributed by atoms with E-state index in [0.29, 0.717) is 12.0 Å². The molecular weight excluding hydrogens is 300 g/mol. The largest absolute Gasteiger partial charge is 0.349 e. The maximum absolute atomic E-state index is 12.2. The molecule has 0 unspecified atom stereocenters. The predicted octanol–water partition coefficient (Wildman–Crippen LogP) is 3.77. The molecule has 0 spiro atoms. The first-order valence-electron chi connectivity index (χ1n) is 9.34. The van der Waals surface area contributed by atoms with Crippen LogP contribution in [0.15, 0.2) is 30.3 Å². The monoisotopic (exact) mass is 330 g/mol. The van der Waals surface area contributed by atoms with Crippen molar-refractivity contribution in [1.82, 2.24) is 10.2 Å². The number of amides is 2. The standard InChI is InChI=1S/C20H30N2O2/c1-2-3-4-5-9-12-19(23)22-15-13-18(14-16-22)21-20(24)17-10-7-6-8-11-17/h6-8,10-11,18H,2-5,9,12-16H2,1H3,(H,21,24). The van der Waals surface area contributed by atoms with E-state index in [1.807, 2.05) is 35.2 Å². The van der Waals surface area contributed by atoms with Crippen LogP contribution < -0.4 is 5.32 Å². The number of nitrogens with one attached hydrogen (secondary N) is 1. The Labute approximate surface area is 145 Å². The van der Waals surface area contributed by atoms with Crippen molar-refractivity contribution in [3.05, 3.63) is 35.9 Å². The third kappa shape index (κ3) is 5.99. The summed E-state index contributed by atoms with van der Waals surface area (Å²) in [4.78, 5) is 26.3. The molecule has 0 aliphatic carbocycles. The van der Waals surface area contributed by atoms with E-state index in [1.165, 1.54) is 19.3 Å². The fourth-order valence-corrected chi connectivity index (χ4v) is 3.17. The number of piperidine rings is 1. The Kier molecular flexibility index (Phi) is 7.80. The number of unbranched alkanes of at least 4 members (excludes halogenated alkanes) is 4. The van der Waals surface area contributed by atoms with E-state index in [2.05, 4.69) is 12.2 Å². The van der Waals surface area contributed by atoms with Gasteiger partial charge >= 0.3 is 0 Å². The number of rotatable bonds is 8. The predicted molar refractivity (Wildman–Crippen MR) is 96.9 cm³/mol. The van der Waals surface area contributed by atoms with Gasteiger partial charge in [-0.3, -0.25) is 9.59 Å². The number of nitrogens with zero attached hydrogens (tertiary/aromatic N) is 1. The zero-order chi connectivity index (χ0) is 17.2. The minimum Gasteiger partial charge on any atom is -0.349 e. The van der Waals surface area contributed by atoms with E-state index in [0.717, 1.165) is 38.8 Å². The van der Waals surface area contributed by atoms with E-state index >= 15 is 0 Å². The highest BCUT2D eigenvalue weighted by Gasteiger charge is 2.23. The molecule has 2 rings (SSSR count). The summed E-state index contributed by atoms with van der Waals surface area (Å²) in [6.45, 7) is 3.72. The Morgan fingerprint density at radius 2 is 1.71 bits per heavy atom. The van der Waals surface area contributed by atoms with Crippen molar-refractivity contribution in [2.75, 3.05) is 13.1 Å². The molecular formula is C20H30N2O2. The summed E-state index contributed by atoms with van der Waals surface area (Å²) in [5, 5.41) is 3.08. The molecule has 4 nitrogen and oxygen atoms in total. The molecule has 0 atom stereocenters. The lowest BCUT2D eigenvalue weighted by Gasteiger charge is -2.32. The van der Waals surface area contributed by atoms with Crippen molar-refractivity contribution < 1.29 is 9.59 Å². The van der Waals surface area contributed by atoms with Gasteiger partial charge in [-0.15, -0.1) is 0 Å². The smallest absolute Gasteiger partial charge is 0.251 e. The van der Waals surface area contributed by atoms with Gasteiger partial charge in [-0.05, 0) is 31.4 Å². The van der Waals surface area contributed by atoms with Crippen molar-refractivity contribution >= 4 is 11.8 Å². The van der Waals surface area contributed by atoms with Crippen LogP contribution in [0.5, 0.6) is 0 Å². The molecule has 1 aliphatic rings. The van der Waals surface area contributed by atoms with E-state index in [4.69, 9.17) is 0 Å². The van der Waals surface area contributed by atoms with E-state index in [-0.39, 0.29) is 17.9 Å². The number of carbonyl (C=O) groups excluding carboxylic acids is 2. The SMILES string of the molecule is CCCCCCCC(=O)N1CCC(NC(=O)c2ccccc2)CC1. The normalized spacial score (nSPS) is 15.3. The molecule has 0 aromatic heterocycles. The highest BCUT2D eigenvalue weighted by molar-refractivity contribution is 5.94. The average Bonchev–Trinajstić information content (AvgIpc) is 2.62. The second kappa shape index (κ2) is 10.1. The molecule has 24 heavy (non-hydrogen) atoms. The van der Waals surface area contributed by atoms with Gasteiger partial charge in [0.2, 0.25) is 5.91 Å². The van der Waals surface area contributed by atoms with E-state index in [9.17, 15) is 9.59 Å². The van der Waals surface area contributed by atoms with Gasteiger partial charge in [-0.25, -0.2) is 0 Å². The highest BCUT2D eigenvalue weighted by atomic mass is 16.2. The fraction of sp³-hybridized carbons (Fsp3) is 0.600. The van der Waals surface area contributed by atoms with Gasteiger partial charge in [0.05, 0.1) is 0 Å². The van der Waals surface area contributed by atoms with E-state index < -0.39 is 0 Å². The molecule has 4 heteroatoms. The van der Waals surface area contributed by atoms with Gasteiger partial charge in [0, 0.05) is 31.1 Å². The lowest BCUT2D eigenvalue weighted by Crippen LogP contribution is -2.46. The van der Waals surface area contributed by atoms with Crippen molar-refractivity contribution in [1.29, 1.82) is 0 Å². The molecule has 132 valence electrons. The Morgan fingerprint density at radius 3 is 2.38 bits per heavy atom. The van der Waals surface area contributed by atoms with Crippen molar-refractivity contribution in [2.24, 2.45) is 0 Å². The molecule has 0 radical (unpaired) electrons. The lowest BCUT2D eigenvalue weighted by atomic mass is 10.0. The van der Waals surface area contributed by atoms with Crippen LogP contribution in [0.25, 0.3) is 0 Å². The van der Waals surface area contributed by atoms with Crippen LogP contribution in [-0.2, 0) is 4.79 Å². The zero-order valence-electron chi connectivity index (χ0n) is 14.8. The molecule has 1 aromatic rings. The number of carbonyl (C=O) groups is 2. The van der Waals surface area contributed by atoms with Crippen LogP contribution in [0.4, 0.5) is 0 Å². The van der Waals surface area contributed by atoms with Gasteiger partial charge in [0.25, 0.3) is 5.91 Å². The van der Waals surface area contributed by atoms with Crippen LogP contribution >= 0.6 is 0 Å². The second-order valence-corrected chi connectivity index (χ2v) is 6.66. The van der Waals surface area contributed by atoms with Crippen molar-refractivity contribution in [3.8, 4) is 0 Å². The first-order valence-corrected chi connectivity index (χ1v) is 9.34. The number of likely N-dealkylation sites (tertiary alicyclic amines) is 1. The Morgan fingerprint density at radius 1 is 1.04 bits per heavy atom. The Balaban J connectivity index is 1.66. The first-order chi connectivity index (χ1) is 11.7. The molecule has 0 bridgehead atoms. The van der Waals surface area contributed by atoms with Gasteiger partial charge in [-0.1, -0.05) is 50.8 Å². The summed E-state index contributed by atoms with van der Waals surface area (Å²) >= 11 is 0. The van der Waals surface area contributed by atoms with Gasteiger partial charge < -0.3 is 10.2 Å². The third-order valence-corrected chi connectivity index (χ3v) is 4.71. The summed E-state index contributed by atoms with van der Waals surface area (Å²) < 4.78 is 0. The molecule has 1 aromatic carbocycles. The fourth-order valence-electron chi connectivity index (χ4n) is 3.17. The zero-order valence-corrected chi connectivity index (χ0v) is 14.8. The van der Waals surface area contributed by atoms with Crippen LogP contribution in [0, 0.1) is 0 Å². The Hall–Kier alpha value is -1.84. The van der Waals surface area contributed by atoms with Crippen LogP contribution in [-0.4, -0.2) is 35.8 Å². The molecule has 0 saturated carbocycles. The molecule has 2 amide bonds. The number of benzene rings is 1. The molecule has 1 N–H and O–H groups in total. The molecule has 1 aliphatic heterocycles. The molecule has 1 saturated heterocycles. The average molecular weight is 330 g/mol. The maximum atomic E-state index is 12.2. The van der Waals surface area contributed by atoms with Gasteiger partial charge in [0.15, 0.2) is 0 Å². The Bertz CT molecular complexity index is 508. The van der Waals surface area contributed by atoms with Crippen LogP contribution in [0.1, 0.15) is 68.6 Å². The lowest BCUT2D eigenvalue weighted by molar-refractivity contribution is -0.132. The van der Waals surface area contributed by atoms with E-state index in [1.54, 1.807) is 0 Å². The van der Waals surface area contributed by atoms with Crippen molar-refractivity contribution in [2.45, 2.75) is 64.3 Å². The highest BCUT2D eigenvalue weighted by Crippen LogP contribution is 2.14. The summed E-state index contributed by atoms with van der Waals surface area (Å²) in [7, 11) is 0. The second-order valence-electron chi connectivity index (χ2n) is 6.66. The van der Waals surface area contributed by atoms with Gasteiger partial charge in [-0.2, -0.15) is 0 Å². The molecule has 1 fully saturated rings. The minimum atomic E-state index is -0.0173. The van der Waals surface area contributed by atoms with Crippen molar-refractivity contribution in [3.63, 3.8) is 0 Å². The topological polar surface area (TPSA) is 49.4 Å². The minimum absolute atomic E-state index is 0.0173. The van der Waals surface area contributed by atoms with Gasteiger partial charge in [0.1, 0.15) is 0 Å². The molecule has 1 heterocycles. The summed E-state index contributed by atoms with van der Waals surface area (Å²) in [5.74, 6) is 0.260. The number of hydrogen-bond acceptors (Lipinski definition) is 2.